The zero-order valence-electron chi connectivity index (χ0n) is 13.0. The lowest BCUT2D eigenvalue weighted by Gasteiger charge is -2.56. The molecule has 2 aromatic rings. The largest absolute Gasteiger partial charge is 0.360 e. The highest BCUT2D eigenvalue weighted by Gasteiger charge is 2.85. The van der Waals surface area contributed by atoms with Crippen molar-refractivity contribution in [3.63, 3.8) is 0 Å². The molecule has 1 heterocycles. The molecule has 2 bridgehead atoms. The lowest BCUT2D eigenvalue weighted by molar-refractivity contribution is 0.231. The van der Waals surface area contributed by atoms with E-state index in [1.807, 2.05) is 0 Å². The van der Waals surface area contributed by atoms with Gasteiger partial charge in [-0.3, -0.25) is 0 Å². The number of epoxide rings is 1. The van der Waals surface area contributed by atoms with Gasteiger partial charge < -0.3 is 4.74 Å². The average molecular weight is 276 g/mol. The molecule has 3 aliphatic carbocycles. The minimum Gasteiger partial charge on any atom is -0.360 e. The maximum absolute atomic E-state index is 6.51. The molecule has 0 spiro atoms. The lowest BCUT2D eigenvalue weighted by atomic mass is 9.43. The highest BCUT2D eigenvalue weighted by molar-refractivity contribution is 5.70. The smallest absolute Gasteiger partial charge is 0.110 e. The third-order valence-electron chi connectivity index (χ3n) is 7.19. The summed E-state index contributed by atoms with van der Waals surface area (Å²) in [5.41, 5.74) is 5.44. The van der Waals surface area contributed by atoms with E-state index in [0.717, 1.165) is 0 Å². The summed E-state index contributed by atoms with van der Waals surface area (Å²) in [6, 6.07) is 17.9. The third kappa shape index (κ3) is 0.870. The summed E-state index contributed by atoms with van der Waals surface area (Å²) in [5.74, 6) is 0. The van der Waals surface area contributed by atoms with Gasteiger partial charge in [0, 0.05) is 10.8 Å². The van der Waals surface area contributed by atoms with E-state index in [0.29, 0.717) is 0 Å². The Kier molecular flexibility index (Phi) is 1.69. The van der Waals surface area contributed by atoms with E-state index in [2.05, 4.69) is 76.2 Å². The monoisotopic (exact) mass is 276 g/mol. The summed E-state index contributed by atoms with van der Waals surface area (Å²) in [6.07, 6.45) is 0. The van der Waals surface area contributed by atoms with Crippen LogP contribution in [0.2, 0.25) is 0 Å². The van der Waals surface area contributed by atoms with Crippen LogP contribution in [0.4, 0.5) is 0 Å². The van der Waals surface area contributed by atoms with Gasteiger partial charge in [-0.15, -0.1) is 0 Å². The van der Waals surface area contributed by atoms with Crippen molar-refractivity contribution < 1.29 is 4.74 Å². The summed E-state index contributed by atoms with van der Waals surface area (Å²) in [4.78, 5) is 0. The molecule has 21 heavy (non-hydrogen) atoms. The number of hydrogen-bond acceptors (Lipinski definition) is 1. The zero-order valence-corrected chi connectivity index (χ0v) is 13.0. The molecule has 2 atom stereocenters. The average Bonchev–Trinajstić information content (AvgIpc) is 3.11. The second kappa shape index (κ2) is 2.96. The molecule has 0 aromatic heterocycles. The molecular weight excluding hydrogens is 256 g/mol. The fraction of sp³-hybridized carbons (Fsp3) is 0.400. The Bertz CT molecular complexity index is 691. The summed E-state index contributed by atoms with van der Waals surface area (Å²) < 4.78 is 6.51. The normalized spacial score (nSPS) is 44.8. The van der Waals surface area contributed by atoms with Gasteiger partial charge in [0.2, 0.25) is 0 Å². The molecular formula is C20H20O. The molecule has 1 fully saturated rings. The van der Waals surface area contributed by atoms with Gasteiger partial charge in [-0.25, -0.2) is 0 Å². The lowest BCUT2D eigenvalue weighted by Crippen LogP contribution is -2.61. The van der Waals surface area contributed by atoms with E-state index in [-0.39, 0.29) is 22.0 Å². The van der Waals surface area contributed by atoms with Crippen molar-refractivity contribution in [2.24, 2.45) is 0 Å². The van der Waals surface area contributed by atoms with Gasteiger partial charge in [0.05, 0.1) is 0 Å². The second-order valence-corrected chi connectivity index (χ2v) is 7.51. The van der Waals surface area contributed by atoms with Crippen LogP contribution in [-0.4, -0.2) is 11.2 Å². The van der Waals surface area contributed by atoms with Crippen molar-refractivity contribution in [2.75, 3.05) is 0 Å². The van der Waals surface area contributed by atoms with Crippen molar-refractivity contribution in [1.82, 2.24) is 0 Å². The molecule has 0 radical (unpaired) electrons. The summed E-state index contributed by atoms with van der Waals surface area (Å²) >= 11 is 0. The van der Waals surface area contributed by atoms with Crippen LogP contribution in [0.5, 0.6) is 0 Å². The van der Waals surface area contributed by atoms with Crippen LogP contribution in [0.1, 0.15) is 49.9 Å². The molecule has 1 saturated heterocycles. The van der Waals surface area contributed by atoms with Crippen LogP contribution in [0.15, 0.2) is 48.5 Å². The van der Waals surface area contributed by atoms with Gasteiger partial charge in [-0.05, 0) is 49.9 Å². The summed E-state index contributed by atoms with van der Waals surface area (Å²) in [6.45, 7) is 9.34. The van der Waals surface area contributed by atoms with E-state index in [1.54, 1.807) is 0 Å². The highest BCUT2D eigenvalue weighted by Crippen LogP contribution is 2.77. The van der Waals surface area contributed by atoms with Crippen LogP contribution in [-0.2, 0) is 15.6 Å². The Morgan fingerprint density at radius 2 is 0.857 bits per heavy atom. The van der Waals surface area contributed by atoms with Gasteiger partial charge in [-0.2, -0.15) is 0 Å². The van der Waals surface area contributed by atoms with Crippen LogP contribution in [0.25, 0.3) is 0 Å². The van der Waals surface area contributed by atoms with E-state index in [4.69, 9.17) is 4.74 Å². The maximum Gasteiger partial charge on any atom is 0.110 e. The predicted octanol–water partition coefficient (Wildman–Crippen LogP) is 4.17. The molecule has 106 valence electrons. The Labute approximate surface area is 126 Å². The quantitative estimate of drug-likeness (QED) is 0.658. The van der Waals surface area contributed by atoms with Crippen LogP contribution >= 0.6 is 0 Å². The Morgan fingerprint density at radius 3 is 1.14 bits per heavy atom. The fourth-order valence-corrected chi connectivity index (χ4v) is 5.57. The van der Waals surface area contributed by atoms with Crippen molar-refractivity contribution in [3.05, 3.63) is 70.8 Å². The minimum absolute atomic E-state index is 0.0628. The summed E-state index contributed by atoms with van der Waals surface area (Å²) in [5, 5.41) is 0. The molecule has 1 heteroatoms. The topological polar surface area (TPSA) is 12.5 Å². The first-order chi connectivity index (χ1) is 9.91. The standard InChI is InChI=1S/C20H20O/c1-17-13-9-5-7-11-15(13)18(2,20(4)19(17,3)21-20)16-12-8-6-10-14(16)17/h5-12H,1-4H3/t17?,18?,19-,20+. The number of ether oxygens (including phenoxy) is 1. The third-order valence-corrected chi connectivity index (χ3v) is 7.19. The fourth-order valence-electron chi connectivity index (χ4n) is 5.57. The van der Waals surface area contributed by atoms with Gasteiger partial charge >= 0.3 is 0 Å². The zero-order chi connectivity index (χ0) is 14.7. The molecule has 0 N–H and O–H groups in total. The van der Waals surface area contributed by atoms with Gasteiger partial charge in [0.25, 0.3) is 0 Å². The first-order valence-corrected chi connectivity index (χ1v) is 7.81. The van der Waals surface area contributed by atoms with Crippen molar-refractivity contribution in [3.8, 4) is 0 Å². The first-order valence-electron chi connectivity index (χ1n) is 7.81. The molecule has 1 aliphatic heterocycles. The van der Waals surface area contributed by atoms with Crippen LogP contribution in [0.3, 0.4) is 0 Å². The van der Waals surface area contributed by atoms with Gasteiger partial charge in [0.15, 0.2) is 0 Å². The van der Waals surface area contributed by atoms with Crippen LogP contribution in [0, 0.1) is 0 Å². The van der Waals surface area contributed by atoms with Gasteiger partial charge in [0.1, 0.15) is 11.2 Å². The molecule has 4 aliphatic rings. The number of benzene rings is 2. The van der Waals surface area contributed by atoms with E-state index < -0.39 is 0 Å². The predicted molar refractivity (Wildman–Crippen MR) is 83.7 cm³/mol. The molecule has 0 amide bonds. The Morgan fingerprint density at radius 1 is 0.571 bits per heavy atom. The minimum atomic E-state index is -0.114. The molecule has 2 aromatic carbocycles. The summed E-state index contributed by atoms with van der Waals surface area (Å²) in [7, 11) is 0. The Balaban J connectivity index is 2.03. The molecule has 0 unspecified atom stereocenters. The van der Waals surface area contributed by atoms with Crippen molar-refractivity contribution in [2.45, 2.75) is 49.7 Å². The number of rotatable bonds is 0. The SMILES string of the molecule is CC12c3ccccc3C(C)(c3ccccc31)[C@@]1(C)O[C@@]21C. The molecule has 6 rings (SSSR count). The highest BCUT2D eigenvalue weighted by atomic mass is 16.6. The van der Waals surface area contributed by atoms with Crippen molar-refractivity contribution in [1.29, 1.82) is 0 Å². The number of hydrogen-bond donors (Lipinski definition) is 0. The van der Waals surface area contributed by atoms with E-state index >= 15 is 0 Å². The van der Waals surface area contributed by atoms with Gasteiger partial charge in [-0.1, -0.05) is 48.5 Å². The Hall–Kier alpha value is -1.60. The van der Waals surface area contributed by atoms with Crippen LogP contribution < -0.4 is 0 Å². The second-order valence-electron chi connectivity index (χ2n) is 7.51. The van der Waals surface area contributed by atoms with Crippen molar-refractivity contribution >= 4 is 0 Å². The van der Waals surface area contributed by atoms with E-state index in [9.17, 15) is 0 Å². The van der Waals surface area contributed by atoms with E-state index in [1.165, 1.54) is 22.3 Å². The first kappa shape index (κ1) is 12.0. The molecule has 1 nitrogen and oxygen atoms in total. The maximum atomic E-state index is 6.51. The molecule has 0 saturated carbocycles.